The number of benzene rings is 1. The van der Waals surface area contributed by atoms with E-state index in [4.69, 9.17) is 0 Å². The molecule has 0 heterocycles. The van der Waals surface area contributed by atoms with Crippen LogP contribution in [0.5, 0.6) is 5.75 Å². The van der Waals surface area contributed by atoms with Crippen molar-refractivity contribution in [2.45, 2.75) is 0 Å². The van der Waals surface area contributed by atoms with Crippen molar-refractivity contribution < 1.29 is 14.3 Å². The Labute approximate surface area is 82.8 Å². The number of aldehydes is 1. The normalized spacial score (nSPS) is 10.6. The number of carbonyl (C=O) groups is 1. The number of halogens is 2. The van der Waals surface area contributed by atoms with Crippen molar-refractivity contribution >= 4 is 28.3 Å². The van der Waals surface area contributed by atoms with E-state index >= 15 is 0 Å². The van der Waals surface area contributed by atoms with Crippen LogP contribution in [0.25, 0.3) is 6.08 Å². The summed E-state index contributed by atoms with van der Waals surface area (Å²) in [6, 6.07) is 2.66. The third-order valence-corrected chi connectivity index (χ3v) is 1.87. The van der Waals surface area contributed by atoms with E-state index < -0.39 is 11.6 Å². The second kappa shape index (κ2) is 4.18. The highest BCUT2D eigenvalue weighted by Gasteiger charge is 2.05. The molecule has 0 radical (unpaired) electrons. The lowest BCUT2D eigenvalue weighted by atomic mass is 10.2. The van der Waals surface area contributed by atoms with Crippen LogP contribution in [0.3, 0.4) is 0 Å². The van der Waals surface area contributed by atoms with Crippen molar-refractivity contribution in [2.75, 3.05) is 0 Å². The number of carbonyl (C=O) groups excluding carboxylic acids is 1. The van der Waals surface area contributed by atoms with Crippen molar-refractivity contribution in [1.29, 1.82) is 0 Å². The molecule has 1 rings (SSSR count). The van der Waals surface area contributed by atoms with Crippen LogP contribution in [-0.4, -0.2) is 11.4 Å². The fourth-order valence-electron chi connectivity index (χ4n) is 0.856. The zero-order valence-electron chi connectivity index (χ0n) is 6.50. The molecular weight excluding hydrogens is 239 g/mol. The molecule has 0 saturated carbocycles. The minimum atomic E-state index is -0.722. The summed E-state index contributed by atoms with van der Waals surface area (Å²) in [4.78, 5) is 9.99. The highest BCUT2D eigenvalue weighted by Crippen LogP contribution is 2.26. The average molecular weight is 245 g/mol. The van der Waals surface area contributed by atoms with Gasteiger partial charge in [0.25, 0.3) is 0 Å². The molecule has 0 unspecified atom stereocenters. The number of aromatic hydroxyl groups is 1. The lowest BCUT2D eigenvalue weighted by Gasteiger charge is -2.00. The van der Waals surface area contributed by atoms with Gasteiger partial charge in [-0.15, -0.1) is 0 Å². The van der Waals surface area contributed by atoms with Gasteiger partial charge in [-0.05, 0) is 24.3 Å². The average Bonchev–Trinajstić information content (AvgIpc) is 2.09. The standard InChI is InChI=1S/C9H6BrFO2/c10-7-4-6(2-1-3-12)9(13)8(11)5-7/h1-5,13H/b2-1+. The Morgan fingerprint density at radius 1 is 1.46 bits per heavy atom. The second-order valence-corrected chi connectivity index (χ2v) is 3.24. The van der Waals surface area contributed by atoms with Gasteiger partial charge in [0, 0.05) is 10.0 Å². The van der Waals surface area contributed by atoms with Gasteiger partial charge in [-0.25, -0.2) is 4.39 Å². The van der Waals surface area contributed by atoms with Gasteiger partial charge in [-0.2, -0.15) is 0 Å². The Bertz CT molecular complexity index is 361. The van der Waals surface area contributed by atoms with E-state index in [0.717, 1.165) is 6.07 Å². The number of phenols is 1. The molecule has 0 saturated heterocycles. The van der Waals surface area contributed by atoms with Gasteiger partial charge in [0.15, 0.2) is 11.6 Å². The molecule has 0 aromatic heterocycles. The minimum absolute atomic E-state index is 0.263. The Morgan fingerprint density at radius 3 is 2.77 bits per heavy atom. The SMILES string of the molecule is O=C/C=C/c1cc(Br)cc(F)c1O. The van der Waals surface area contributed by atoms with Gasteiger partial charge in [0.05, 0.1) is 0 Å². The van der Waals surface area contributed by atoms with Gasteiger partial charge in [0.2, 0.25) is 0 Å². The highest BCUT2D eigenvalue weighted by atomic mass is 79.9. The van der Waals surface area contributed by atoms with E-state index in [1.807, 2.05) is 0 Å². The summed E-state index contributed by atoms with van der Waals surface area (Å²) in [5, 5.41) is 9.19. The van der Waals surface area contributed by atoms with E-state index in [2.05, 4.69) is 15.9 Å². The molecule has 1 N–H and O–H groups in total. The Kier molecular flexibility index (Phi) is 3.19. The zero-order valence-corrected chi connectivity index (χ0v) is 8.08. The maximum atomic E-state index is 12.9. The quantitative estimate of drug-likeness (QED) is 0.642. The van der Waals surface area contributed by atoms with Crippen LogP contribution in [0.4, 0.5) is 4.39 Å². The summed E-state index contributed by atoms with van der Waals surface area (Å²) in [5.41, 5.74) is 0.263. The summed E-state index contributed by atoms with van der Waals surface area (Å²) in [5.74, 6) is -1.18. The number of hydrogen-bond donors (Lipinski definition) is 1. The molecule has 0 aliphatic heterocycles. The van der Waals surface area contributed by atoms with Crippen molar-refractivity contribution in [2.24, 2.45) is 0 Å². The van der Waals surface area contributed by atoms with Gasteiger partial charge >= 0.3 is 0 Å². The first kappa shape index (κ1) is 9.92. The third kappa shape index (κ3) is 2.39. The smallest absolute Gasteiger partial charge is 0.166 e. The maximum absolute atomic E-state index is 12.9. The molecule has 1 aromatic carbocycles. The molecule has 0 atom stereocenters. The molecule has 0 fully saturated rings. The van der Waals surface area contributed by atoms with Gasteiger partial charge in [-0.1, -0.05) is 15.9 Å². The topological polar surface area (TPSA) is 37.3 Å². The van der Waals surface area contributed by atoms with E-state index in [9.17, 15) is 14.3 Å². The van der Waals surface area contributed by atoms with Crippen LogP contribution in [0.1, 0.15) is 5.56 Å². The molecule has 2 nitrogen and oxygen atoms in total. The molecular formula is C9H6BrFO2. The molecule has 68 valence electrons. The number of phenolic OH excluding ortho intramolecular Hbond substituents is 1. The first-order valence-electron chi connectivity index (χ1n) is 3.45. The van der Waals surface area contributed by atoms with E-state index in [-0.39, 0.29) is 5.56 Å². The van der Waals surface area contributed by atoms with Gasteiger partial charge < -0.3 is 5.11 Å². The van der Waals surface area contributed by atoms with Crippen molar-refractivity contribution in [3.05, 3.63) is 34.1 Å². The summed E-state index contributed by atoms with van der Waals surface area (Å²) >= 11 is 3.07. The van der Waals surface area contributed by atoms with E-state index in [1.54, 1.807) is 0 Å². The molecule has 4 heteroatoms. The monoisotopic (exact) mass is 244 g/mol. The van der Waals surface area contributed by atoms with Crippen LogP contribution in [-0.2, 0) is 4.79 Å². The fraction of sp³-hybridized carbons (Fsp3) is 0. The fourth-order valence-corrected chi connectivity index (χ4v) is 1.30. The van der Waals surface area contributed by atoms with Gasteiger partial charge in [-0.3, -0.25) is 4.79 Å². The van der Waals surface area contributed by atoms with E-state index in [0.29, 0.717) is 10.8 Å². The zero-order chi connectivity index (χ0) is 9.84. The molecule has 1 aromatic rings. The molecule has 0 aliphatic carbocycles. The number of allylic oxidation sites excluding steroid dienone is 1. The first-order chi connectivity index (χ1) is 6.15. The Balaban J connectivity index is 3.19. The van der Waals surface area contributed by atoms with E-state index in [1.165, 1.54) is 18.2 Å². The van der Waals surface area contributed by atoms with Gasteiger partial charge in [0.1, 0.15) is 6.29 Å². The first-order valence-corrected chi connectivity index (χ1v) is 4.24. The maximum Gasteiger partial charge on any atom is 0.166 e. The minimum Gasteiger partial charge on any atom is -0.504 e. The van der Waals surface area contributed by atoms with Crippen molar-refractivity contribution in [3.8, 4) is 5.75 Å². The van der Waals surface area contributed by atoms with Crippen LogP contribution in [0.15, 0.2) is 22.7 Å². The summed E-state index contributed by atoms with van der Waals surface area (Å²) in [7, 11) is 0. The summed E-state index contributed by atoms with van der Waals surface area (Å²) in [6.07, 6.45) is 3.06. The summed E-state index contributed by atoms with van der Waals surface area (Å²) < 4.78 is 13.4. The lowest BCUT2D eigenvalue weighted by molar-refractivity contribution is -0.104. The Morgan fingerprint density at radius 2 is 2.15 bits per heavy atom. The Hall–Kier alpha value is -1.16. The largest absolute Gasteiger partial charge is 0.504 e. The summed E-state index contributed by atoms with van der Waals surface area (Å²) in [6.45, 7) is 0. The number of hydrogen-bond acceptors (Lipinski definition) is 2. The molecule has 0 bridgehead atoms. The highest BCUT2D eigenvalue weighted by molar-refractivity contribution is 9.10. The third-order valence-electron chi connectivity index (χ3n) is 1.41. The lowest BCUT2D eigenvalue weighted by Crippen LogP contribution is -1.81. The predicted molar refractivity (Wildman–Crippen MR) is 50.9 cm³/mol. The second-order valence-electron chi connectivity index (χ2n) is 2.32. The molecule has 13 heavy (non-hydrogen) atoms. The van der Waals surface area contributed by atoms with Crippen LogP contribution in [0, 0.1) is 5.82 Å². The van der Waals surface area contributed by atoms with Crippen LogP contribution in [0.2, 0.25) is 0 Å². The van der Waals surface area contributed by atoms with Crippen molar-refractivity contribution in [1.82, 2.24) is 0 Å². The molecule has 0 spiro atoms. The predicted octanol–water partition coefficient (Wildman–Crippen LogP) is 2.51. The molecule has 0 amide bonds. The van der Waals surface area contributed by atoms with Crippen molar-refractivity contribution in [3.63, 3.8) is 0 Å². The number of rotatable bonds is 2. The van der Waals surface area contributed by atoms with Crippen LogP contribution >= 0.6 is 15.9 Å². The molecule has 0 aliphatic rings. The van der Waals surface area contributed by atoms with Crippen LogP contribution < -0.4 is 0 Å².